The number of carbonyl (C=O) groups is 1. The van der Waals surface area contributed by atoms with E-state index in [1.165, 1.54) is 10.8 Å². The van der Waals surface area contributed by atoms with Gasteiger partial charge >= 0.3 is 5.97 Å². The molecule has 6 nitrogen and oxygen atoms in total. The number of ether oxygens (including phenoxy) is 1. The van der Waals surface area contributed by atoms with Crippen LogP contribution < -0.4 is 10.7 Å². The number of halogens is 2. The molecule has 2 heterocycles. The van der Waals surface area contributed by atoms with Crippen molar-refractivity contribution in [3.8, 4) is 0 Å². The smallest absolute Gasteiger partial charge is 0.341 e. The predicted molar refractivity (Wildman–Crippen MR) is 96.7 cm³/mol. The van der Waals surface area contributed by atoms with Crippen molar-refractivity contribution in [2.75, 3.05) is 25.4 Å². The van der Waals surface area contributed by atoms with E-state index in [0.717, 1.165) is 37.2 Å². The molecule has 1 aliphatic carbocycles. The van der Waals surface area contributed by atoms with Crippen LogP contribution >= 0.6 is 11.8 Å². The third-order valence-electron chi connectivity index (χ3n) is 4.75. The van der Waals surface area contributed by atoms with Gasteiger partial charge < -0.3 is 19.7 Å². The molecular formula is C18H18F2N2O4S. The van der Waals surface area contributed by atoms with Gasteiger partial charge in [-0.3, -0.25) is 4.79 Å². The van der Waals surface area contributed by atoms with Crippen molar-refractivity contribution in [2.45, 2.75) is 29.9 Å². The number of rotatable bonds is 5. The van der Waals surface area contributed by atoms with Crippen molar-refractivity contribution in [3.63, 3.8) is 0 Å². The Labute approximate surface area is 157 Å². The highest BCUT2D eigenvalue weighted by atomic mass is 32.2. The van der Waals surface area contributed by atoms with Gasteiger partial charge in [-0.2, -0.15) is 0 Å². The minimum Gasteiger partial charge on any atom is -0.477 e. The Morgan fingerprint density at radius 3 is 2.81 bits per heavy atom. The van der Waals surface area contributed by atoms with Crippen LogP contribution in [0.15, 0.2) is 22.0 Å². The van der Waals surface area contributed by atoms with Crippen LogP contribution in [0, 0.1) is 11.6 Å². The maximum atomic E-state index is 15.2. The lowest BCUT2D eigenvalue weighted by atomic mass is 10.1. The summed E-state index contributed by atoms with van der Waals surface area (Å²) >= 11 is 1.01. The maximum Gasteiger partial charge on any atom is 0.341 e. The second-order valence-electron chi connectivity index (χ2n) is 6.72. The van der Waals surface area contributed by atoms with Crippen molar-refractivity contribution in [1.29, 1.82) is 0 Å². The SMILES string of the molecule is O=C(O)c1cn(C2CC2)c2c(F)c(SCC3CNCCO3)c(F)cc2c1=O. The molecule has 2 fully saturated rings. The lowest BCUT2D eigenvalue weighted by molar-refractivity contribution is 0.0440. The van der Waals surface area contributed by atoms with E-state index in [-0.39, 0.29) is 27.9 Å². The lowest BCUT2D eigenvalue weighted by Crippen LogP contribution is -2.39. The van der Waals surface area contributed by atoms with E-state index in [1.807, 2.05) is 0 Å². The van der Waals surface area contributed by atoms with E-state index in [4.69, 9.17) is 4.74 Å². The standard InChI is InChI=1S/C18H18F2N2O4S/c19-13-5-11-15(14(20)17(13)27-8-10-6-21-3-4-26-10)22(9-1-2-9)7-12(16(11)23)18(24)25/h5,7,9-10,21H,1-4,6,8H2,(H,24,25). The minimum absolute atomic E-state index is 0.0286. The minimum atomic E-state index is -1.41. The maximum absolute atomic E-state index is 15.2. The molecule has 9 heteroatoms. The van der Waals surface area contributed by atoms with Crippen molar-refractivity contribution in [1.82, 2.24) is 9.88 Å². The first-order valence-corrected chi connectivity index (χ1v) is 9.71. The van der Waals surface area contributed by atoms with Gasteiger partial charge in [0.1, 0.15) is 11.4 Å². The number of hydrogen-bond donors (Lipinski definition) is 2. The Kier molecular flexibility index (Phi) is 4.92. The average molecular weight is 396 g/mol. The quantitative estimate of drug-likeness (QED) is 0.756. The number of nitrogens with one attached hydrogen (secondary N) is 1. The molecule has 4 rings (SSSR count). The van der Waals surface area contributed by atoms with Crippen molar-refractivity contribution in [3.05, 3.63) is 39.7 Å². The van der Waals surface area contributed by atoms with E-state index >= 15 is 4.39 Å². The largest absolute Gasteiger partial charge is 0.477 e. The molecule has 1 aromatic carbocycles. The first-order valence-electron chi connectivity index (χ1n) is 8.72. The molecule has 2 aliphatic rings. The summed E-state index contributed by atoms with van der Waals surface area (Å²) in [6.07, 6.45) is 2.54. The monoisotopic (exact) mass is 396 g/mol. The first kappa shape index (κ1) is 18.4. The summed E-state index contributed by atoms with van der Waals surface area (Å²) in [6.45, 7) is 1.91. The van der Waals surface area contributed by atoms with Crippen molar-refractivity contribution < 1.29 is 23.4 Å². The summed E-state index contributed by atoms with van der Waals surface area (Å²) in [5.41, 5.74) is -1.38. The Morgan fingerprint density at radius 1 is 1.41 bits per heavy atom. The van der Waals surface area contributed by atoms with E-state index in [2.05, 4.69) is 5.32 Å². The number of nitrogens with zero attached hydrogens (tertiary/aromatic N) is 1. The molecule has 0 bridgehead atoms. The van der Waals surface area contributed by atoms with Gasteiger partial charge in [0.2, 0.25) is 5.43 Å². The highest BCUT2D eigenvalue weighted by molar-refractivity contribution is 7.99. The van der Waals surface area contributed by atoms with Crippen molar-refractivity contribution >= 4 is 28.6 Å². The summed E-state index contributed by atoms with van der Waals surface area (Å²) in [4.78, 5) is 23.6. The number of pyridine rings is 1. The molecule has 144 valence electrons. The second-order valence-corrected chi connectivity index (χ2v) is 7.75. The number of fused-ring (bicyclic) bond motifs is 1. The number of carboxylic acid groups (broad SMARTS) is 1. The number of thioether (sulfide) groups is 1. The van der Waals surface area contributed by atoms with Gasteiger partial charge in [0.25, 0.3) is 0 Å². The highest BCUT2D eigenvalue weighted by Gasteiger charge is 2.30. The number of carboxylic acids is 1. The molecule has 0 spiro atoms. The average Bonchev–Trinajstić information content (AvgIpc) is 3.48. The van der Waals surface area contributed by atoms with Crippen LogP contribution in [0.3, 0.4) is 0 Å². The van der Waals surface area contributed by atoms with Crippen LogP contribution in [-0.2, 0) is 4.74 Å². The molecule has 2 aromatic rings. The highest BCUT2D eigenvalue weighted by Crippen LogP contribution is 2.39. The van der Waals surface area contributed by atoms with Crippen LogP contribution in [0.5, 0.6) is 0 Å². The number of aromatic carboxylic acids is 1. The molecule has 2 N–H and O–H groups in total. The molecule has 27 heavy (non-hydrogen) atoms. The molecule has 1 unspecified atom stereocenters. The fraction of sp³-hybridized carbons (Fsp3) is 0.444. The first-order chi connectivity index (χ1) is 13.0. The third kappa shape index (κ3) is 3.46. The van der Waals surface area contributed by atoms with E-state index in [9.17, 15) is 19.1 Å². The molecule has 0 amide bonds. The van der Waals surface area contributed by atoms with Crippen LogP contribution in [0.2, 0.25) is 0 Å². The zero-order valence-corrected chi connectivity index (χ0v) is 15.2. The Hall–Kier alpha value is -1.97. The molecule has 1 atom stereocenters. The third-order valence-corrected chi connectivity index (χ3v) is 5.96. The van der Waals surface area contributed by atoms with Crippen LogP contribution in [0.4, 0.5) is 8.78 Å². The lowest BCUT2D eigenvalue weighted by Gasteiger charge is -2.23. The van der Waals surface area contributed by atoms with Gasteiger partial charge in [-0.05, 0) is 18.9 Å². The number of hydrogen-bond acceptors (Lipinski definition) is 5. The van der Waals surface area contributed by atoms with Gasteiger partial charge in [-0.15, -0.1) is 11.8 Å². The zero-order valence-electron chi connectivity index (χ0n) is 14.3. The number of morpholine rings is 1. The fourth-order valence-corrected chi connectivity index (χ4v) is 4.24. The summed E-state index contributed by atoms with van der Waals surface area (Å²) in [5, 5.41) is 12.2. The summed E-state index contributed by atoms with van der Waals surface area (Å²) in [7, 11) is 0. The molecule has 1 aromatic heterocycles. The van der Waals surface area contributed by atoms with E-state index in [1.54, 1.807) is 0 Å². The predicted octanol–water partition coefficient (Wildman–Crippen LogP) is 2.39. The summed E-state index contributed by atoms with van der Waals surface area (Å²) in [6, 6.07) is 0.879. The molecule has 1 saturated carbocycles. The second kappa shape index (κ2) is 7.21. The van der Waals surface area contributed by atoms with Crippen LogP contribution in [0.25, 0.3) is 10.9 Å². The van der Waals surface area contributed by atoms with E-state index in [0.29, 0.717) is 18.9 Å². The van der Waals surface area contributed by atoms with E-state index < -0.39 is 28.6 Å². The molecule has 1 saturated heterocycles. The number of aromatic nitrogens is 1. The van der Waals surface area contributed by atoms with Gasteiger partial charge in [-0.1, -0.05) is 0 Å². The molecule has 1 aliphatic heterocycles. The summed E-state index contributed by atoms with van der Waals surface area (Å²) < 4.78 is 36.8. The van der Waals surface area contributed by atoms with Gasteiger partial charge in [0.05, 0.1) is 28.5 Å². The Balaban J connectivity index is 1.80. The Morgan fingerprint density at radius 2 is 2.19 bits per heavy atom. The zero-order chi connectivity index (χ0) is 19.1. The summed E-state index contributed by atoms with van der Waals surface area (Å²) in [5.74, 6) is -2.72. The van der Waals surface area contributed by atoms with Gasteiger partial charge in [0.15, 0.2) is 5.82 Å². The van der Waals surface area contributed by atoms with Crippen molar-refractivity contribution in [2.24, 2.45) is 0 Å². The normalized spacial score (nSPS) is 20.1. The molecule has 0 radical (unpaired) electrons. The van der Waals surface area contributed by atoms with Gasteiger partial charge in [-0.25, -0.2) is 13.6 Å². The molecular weight excluding hydrogens is 378 g/mol. The Bertz CT molecular complexity index is 968. The van der Waals surface area contributed by atoms with Crippen LogP contribution in [-0.4, -0.2) is 47.2 Å². The topological polar surface area (TPSA) is 80.6 Å². The van der Waals surface area contributed by atoms with Gasteiger partial charge in [0, 0.05) is 31.1 Å². The van der Waals surface area contributed by atoms with Crippen LogP contribution in [0.1, 0.15) is 29.2 Å². The fourth-order valence-electron chi connectivity index (χ4n) is 3.25. The number of benzene rings is 1.